The Bertz CT molecular complexity index is 742. The summed E-state index contributed by atoms with van der Waals surface area (Å²) in [6.07, 6.45) is 13.8. The van der Waals surface area contributed by atoms with Gasteiger partial charge in [0.15, 0.2) is 0 Å². The van der Waals surface area contributed by atoms with Gasteiger partial charge in [0.1, 0.15) is 5.75 Å². The van der Waals surface area contributed by atoms with E-state index in [2.05, 4.69) is 47.6 Å². The molecule has 4 nitrogen and oxygen atoms in total. The predicted molar refractivity (Wildman–Crippen MR) is 116 cm³/mol. The Morgan fingerprint density at radius 1 is 1.18 bits per heavy atom. The van der Waals surface area contributed by atoms with Crippen molar-refractivity contribution in [1.82, 2.24) is 10.2 Å². The second kappa shape index (κ2) is 8.71. The number of piperidine rings is 1. The number of nitrogens with zero attached hydrogens (tertiary/aromatic N) is 1. The fourth-order valence-electron chi connectivity index (χ4n) is 4.57. The van der Waals surface area contributed by atoms with Crippen LogP contribution in [0.3, 0.4) is 0 Å². The lowest BCUT2D eigenvalue weighted by Crippen LogP contribution is -2.40. The van der Waals surface area contributed by atoms with Crippen LogP contribution in [-0.2, 0) is 6.42 Å². The summed E-state index contributed by atoms with van der Waals surface area (Å²) in [5.74, 6) is 1.80. The molecule has 3 aliphatic rings. The van der Waals surface area contributed by atoms with Crippen molar-refractivity contribution < 1.29 is 4.74 Å². The average Bonchev–Trinajstić information content (AvgIpc) is 3.55. The van der Waals surface area contributed by atoms with E-state index >= 15 is 0 Å². The molecule has 28 heavy (non-hydrogen) atoms. The minimum atomic E-state index is 0.217. The van der Waals surface area contributed by atoms with E-state index in [1.807, 2.05) is 7.11 Å². The van der Waals surface area contributed by atoms with E-state index in [0.29, 0.717) is 6.04 Å². The van der Waals surface area contributed by atoms with Crippen molar-refractivity contribution in [3.8, 4) is 5.75 Å². The van der Waals surface area contributed by atoms with E-state index in [1.165, 1.54) is 35.1 Å². The number of methoxy groups -OCH3 is 1. The molecular formula is C24H35N3O. The molecule has 4 rings (SSSR count). The number of ether oxygens (including phenoxy) is 1. The zero-order valence-corrected chi connectivity index (χ0v) is 17.4. The van der Waals surface area contributed by atoms with Crippen LogP contribution in [0.15, 0.2) is 36.1 Å². The third-order valence-corrected chi connectivity index (χ3v) is 6.35. The molecule has 0 amide bonds. The van der Waals surface area contributed by atoms with Gasteiger partial charge in [0.2, 0.25) is 0 Å². The van der Waals surface area contributed by atoms with Gasteiger partial charge in [-0.2, -0.15) is 0 Å². The van der Waals surface area contributed by atoms with Crippen LogP contribution in [0.5, 0.6) is 5.75 Å². The van der Waals surface area contributed by atoms with E-state index in [1.54, 1.807) is 0 Å². The molecule has 1 saturated carbocycles. The molecule has 0 radical (unpaired) electrons. The highest BCUT2D eigenvalue weighted by atomic mass is 16.5. The fraction of sp³-hybridized carbons (Fsp3) is 0.583. The van der Waals surface area contributed by atoms with Gasteiger partial charge in [-0.15, -0.1) is 0 Å². The molecule has 1 aliphatic carbocycles. The monoisotopic (exact) mass is 381 g/mol. The molecule has 1 aromatic rings. The van der Waals surface area contributed by atoms with E-state index in [0.717, 1.165) is 57.0 Å². The summed E-state index contributed by atoms with van der Waals surface area (Å²) in [5.41, 5.74) is 11.7. The number of benzene rings is 1. The highest BCUT2D eigenvalue weighted by molar-refractivity contribution is 5.49. The van der Waals surface area contributed by atoms with Crippen molar-refractivity contribution in [1.29, 1.82) is 0 Å². The first kappa shape index (κ1) is 19.5. The molecule has 2 aliphatic heterocycles. The largest absolute Gasteiger partial charge is 0.496 e. The first-order chi connectivity index (χ1) is 13.7. The maximum atomic E-state index is 6.06. The Kier molecular flexibility index (Phi) is 6.07. The number of hydrogen-bond donors (Lipinski definition) is 2. The topological polar surface area (TPSA) is 50.5 Å². The van der Waals surface area contributed by atoms with Crippen LogP contribution < -0.4 is 15.8 Å². The maximum absolute atomic E-state index is 6.06. The SMILES string of the molecule is CCCc1c(OC)cc(C2C=C(CN3CCC(N)CC3)C=CN2)cc1C1CC1. The van der Waals surface area contributed by atoms with Gasteiger partial charge in [0.25, 0.3) is 0 Å². The van der Waals surface area contributed by atoms with Gasteiger partial charge in [-0.1, -0.05) is 25.5 Å². The number of rotatable bonds is 7. The molecule has 1 aromatic carbocycles. The predicted octanol–water partition coefficient (Wildman–Crippen LogP) is 4.03. The first-order valence-electron chi connectivity index (χ1n) is 11.0. The molecule has 0 bridgehead atoms. The molecule has 4 heteroatoms. The van der Waals surface area contributed by atoms with Crippen LogP contribution in [0.25, 0.3) is 0 Å². The van der Waals surface area contributed by atoms with Gasteiger partial charge in [0.05, 0.1) is 13.2 Å². The minimum Gasteiger partial charge on any atom is -0.496 e. The van der Waals surface area contributed by atoms with Crippen LogP contribution in [0.2, 0.25) is 0 Å². The molecule has 1 atom stereocenters. The highest BCUT2D eigenvalue weighted by Crippen LogP contribution is 2.45. The van der Waals surface area contributed by atoms with Gasteiger partial charge < -0.3 is 15.8 Å². The Morgan fingerprint density at radius 3 is 2.64 bits per heavy atom. The number of likely N-dealkylation sites (tertiary alicyclic amines) is 1. The summed E-state index contributed by atoms with van der Waals surface area (Å²) in [7, 11) is 1.81. The van der Waals surface area contributed by atoms with Crippen LogP contribution in [0.4, 0.5) is 0 Å². The number of nitrogens with two attached hydrogens (primary N) is 1. The van der Waals surface area contributed by atoms with Crippen molar-refractivity contribution in [3.63, 3.8) is 0 Å². The van der Waals surface area contributed by atoms with Gasteiger partial charge in [-0.05, 0) is 91.7 Å². The summed E-state index contributed by atoms with van der Waals surface area (Å²) in [6.45, 7) is 5.48. The van der Waals surface area contributed by atoms with Crippen molar-refractivity contribution in [2.75, 3.05) is 26.7 Å². The number of dihydropyridines is 1. The molecule has 152 valence electrons. The van der Waals surface area contributed by atoms with E-state index in [9.17, 15) is 0 Å². The fourth-order valence-corrected chi connectivity index (χ4v) is 4.57. The van der Waals surface area contributed by atoms with Crippen LogP contribution in [-0.4, -0.2) is 37.7 Å². The van der Waals surface area contributed by atoms with E-state index in [4.69, 9.17) is 10.5 Å². The first-order valence-corrected chi connectivity index (χ1v) is 11.0. The highest BCUT2D eigenvalue weighted by Gasteiger charge is 2.29. The minimum absolute atomic E-state index is 0.217. The average molecular weight is 382 g/mol. The normalized spacial score (nSPS) is 23.4. The Hall–Kier alpha value is -1.78. The second-order valence-corrected chi connectivity index (χ2v) is 8.65. The summed E-state index contributed by atoms with van der Waals surface area (Å²) >= 11 is 0. The van der Waals surface area contributed by atoms with Gasteiger partial charge in [0, 0.05) is 12.6 Å². The quantitative estimate of drug-likeness (QED) is 0.749. The standard InChI is InChI=1S/C24H35N3O/c1-3-4-21-22(18-5-6-18)14-19(15-24(21)28-2)23-13-17(7-10-26-23)16-27-11-8-20(25)9-12-27/h7,10,13-15,18,20,23,26H,3-6,8-9,11-12,16,25H2,1-2H3. The number of nitrogens with one attached hydrogen (secondary N) is 1. The Labute approximate surface area is 169 Å². The van der Waals surface area contributed by atoms with Crippen molar-refractivity contribution in [2.45, 2.75) is 63.5 Å². The van der Waals surface area contributed by atoms with E-state index in [-0.39, 0.29) is 6.04 Å². The Morgan fingerprint density at radius 2 is 1.96 bits per heavy atom. The number of hydrogen-bond acceptors (Lipinski definition) is 4. The van der Waals surface area contributed by atoms with Gasteiger partial charge in [-0.3, -0.25) is 4.90 Å². The lowest BCUT2D eigenvalue weighted by molar-refractivity contribution is 0.230. The van der Waals surface area contributed by atoms with Gasteiger partial charge in [-0.25, -0.2) is 0 Å². The zero-order valence-electron chi connectivity index (χ0n) is 17.4. The summed E-state index contributed by atoms with van der Waals surface area (Å²) in [5, 5.41) is 3.55. The molecule has 1 unspecified atom stereocenters. The smallest absolute Gasteiger partial charge is 0.122 e. The molecule has 3 N–H and O–H groups in total. The Balaban J connectivity index is 1.55. The van der Waals surface area contributed by atoms with Crippen molar-refractivity contribution >= 4 is 0 Å². The van der Waals surface area contributed by atoms with Crippen molar-refractivity contribution in [2.24, 2.45) is 5.73 Å². The summed E-state index contributed by atoms with van der Waals surface area (Å²) in [6, 6.07) is 5.29. The van der Waals surface area contributed by atoms with Gasteiger partial charge >= 0.3 is 0 Å². The lowest BCUT2D eigenvalue weighted by atomic mass is 9.92. The summed E-state index contributed by atoms with van der Waals surface area (Å²) < 4.78 is 5.82. The third kappa shape index (κ3) is 4.44. The molecule has 0 spiro atoms. The third-order valence-electron chi connectivity index (χ3n) is 6.35. The molecule has 0 aromatic heterocycles. The second-order valence-electron chi connectivity index (χ2n) is 8.65. The molecule has 2 fully saturated rings. The van der Waals surface area contributed by atoms with Crippen LogP contribution in [0, 0.1) is 0 Å². The lowest BCUT2D eigenvalue weighted by Gasteiger charge is -2.31. The summed E-state index contributed by atoms with van der Waals surface area (Å²) in [4.78, 5) is 2.53. The van der Waals surface area contributed by atoms with Crippen LogP contribution in [0.1, 0.15) is 67.7 Å². The molecule has 2 heterocycles. The molecular weight excluding hydrogens is 346 g/mol. The van der Waals surface area contributed by atoms with Crippen LogP contribution >= 0.6 is 0 Å². The van der Waals surface area contributed by atoms with Crippen molar-refractivity contribution in [3.05, 3.63) is 52.7 Å². The maximum Gasteiger partial charge on any atom is 0.122 e. The molecule has 1 saturated heterocycles. The van der Waals surface area contributed by atoms with E-state index < -0.39 is 0 Å². The zero-order chi connectivity index (χ0) is 19.5.